The van der Waals surface area contributed by atoms with E-state index in [1.54, 1.807) is 17.0 Å². The van der Waals surface area contributed by atoms with Crippen LogP contribution in [-0.4, -0.2) is 36.3 Å². The van der Waals surface area contributed by atoms with E-state index in [2.05, 4.69) is 0 Å². The summed E-state index contributed by atoms with van der Waals surface area (Å²) in [7, 11) is 1.47. The lowest BCUT2D eigenvalue weighted by molar-refractivity contribution is -0.127. The molecule has 2 aromatic carbocycles. The Labute approximate surface area is 156 Å². The Morgan fingerprint density at radius 1 is 1.12 bits per heavy atom. The number of carbonyl (C=O) groups excluding carboxylic acids is 2. The summed E-state index contributed by atoms with van der Waals surface area (Å²) in [6.45, 7) is 0.341. The van der Waals surface area contributed by atoms with Crippen LogP contribution in [0, 0.1) is 0 Å². The highest BCUT2D eigenvalue weighted by molar-refractivity contribution is 6.42. The Bertz CT molecular complexity index is 822. The van der Waals surface area contributed by atoms with E-state index < -0.39 is 6.04 Å². The maximum Gasteiger partial charge on any atom is 0.254 e. The van der Waals surface area contributed by atoms with Gasteiger partial charge in [-0.05, 0) is 29.3 Å². The van der Waals surface area contributed by atoms with E-state index in [1.807, 2.05) is 24.3 Å². The summed E-state index contributed by atoms with van der Waals surface area (Å²) in [5, 5.41) is 0.693. The number of amides is 1. The van der Waals surface area contributed by atoms with Crippen LogP contribution >= 0.6 is 23.2 Å². The highest BCUT2D eigenvalue weighted by Crippen LogP contribution is 2.28. The van der Waals surface area contributed by atoms with Crippen LogP contribution in [0.25, 0.3) is 0 Å². The third-order valence-corrected chi connectivity index (χ3v) is 5.07. The lowest BCUT2D eigenvalue weighted by Crippen LogP contribution is -2.49. The van der Waals surface area contributed by atoms with Crippen LogP contribution in [0.4, 0.5) is 0 Å². The summed E-state index contributed by atoms with van der Waals surface area (Å²) in [6.07, 6.45) is 0.478. The van der Waals surface area contributed by atoms with Gasteiger partial charge in [-0.25, -0.2) is 0 Å². The van der Waals surface area contributed by atoms with Crippen LogP contribution in [0.5, 0.6) is 0 Å². The Hall–Kier alpha value is -1.88. The maximum absolute atomic E-state index is 13.0. The zero-order chi connectivity index (χ0) is 18.0. The van der Waals surface area contributed by atoms with E-state index in [0.717, 1.165) is 11.1 Å². The van der Waals surface area contributed by atoms with Crippen LogP contribution in [0.3, 0.4) is 0 Å². The highest BCUT2D eigenvalue weighted by Gasteiger charge is 2.34. The Kier molecular flexibility index (Phi) is 5.42. The first-order chi connectivity index (χ1) is 12.0. The number of halogens is 2. The number of ketones is 1. The Morgan fingerprint density at radius 3 is 2.52 bits per heavy atom. The molecule has 2 aromatic rings. The first kappa shape index (κ1) is 17.9. The molecular formula is C19H17Cl2NO3. The zero-order valence-corrected chi connectivity index (χ0v) is 15.2. The molecule has 1 aliphatic heterocycles. The molecule has 130 valence electrons. The van der Waals surface area contributed by atoms with Gasteiger partial charge in [0, 0.05) is 25.6 Å². The van der Waals surface area contributed by atoms with E-state index in [-0.39, 0.29) is 18.3 Å². The van der Waals surface area contributed by atoms with Gasteiger partial charge in [0.05, 0.1) is 16.1 Å². The van der Waals surface area contributed by atoms with Crippen molar-refractivity contribution in [3.63, 3.8) is 0 Å². The largest absolute Gasteiger partial charge is 0.377 e. The fourth-order valence-electron chi connectivity index (χ4n) is 3.06. The van der Waals surface area contributed by atoms with Crippen molar-refractivity contribution in [1.29, 1.82) is 0 Å². The summed E-state index contributed by atoms with van der Waals surface area (Å²) < 4.78 is 4.99. The molecule has 0 bridgehead atoms. The molecule has 0 saturated carbocycles. The van der Waals surface area contributed by atoms with Crippen LogP contribution in [0.2, 0.25) is 10.0 Å². The number of hydrogen-bond acceptors (Lipinski definition) is 3. The van der Waals surface area contributed by atoms with Crippen LogP contribution < -0.4 is 0 Å². The van der Waals surface area contributed by atoms with Gasteiger partial charge in [-0.2, -0.15) is 0 Å². The number of ether oxygens (including phenoxy) is 1. The number of benzene rings is 2. The predicted octanol–water partition coefficient (Wildman–Crippen LogP) is 3.78. The molecule has 3 rings (SSSR count). The van der Waals surface area contributed by atoms with E-state index in [4.69, 9.17) is 27.9 Å². The molecule has 1 aliphatic rings. The van der Waals surface area contributed by atoms with Crippen molar-refractivity contribution in [2.45, 2.75) is 19.0 Å². The van der Waals surface area contributed by atoms with E-state index in [0.29, 0.717) is 28.6 Å². The molecule has 0 aliphatic carbocycles. The van der Waals surface area contributed by atoms with E-state index in [1.165, 1.54) is 13.2 Å². The van der Waals surface area contributed by atoms with Gasteiger partial charge in [-0.15, -0.1) is 0 Å². The lowest BCUT2D eigenvalue weighted by atomic mass is 9.91. The minimum Gasteiger partial charge on any atom is -0.377 e. The SMILES string of the molecule is COCC(=O)C1Cc2ccccc2CN1C(=O)c1ccc(Cl)c(Cl)c1. The van der Waals surface area contributed by atoms with Crippen molar-refractivity contribution in [2.24, 2.45) is 0 Å². The van der Waals surface area contributed by atoms with Crippen molar-refractivity contribution < 1.29 is 14.3 Å². The molecule has 0 spiro atoms. The molecule has 0 aromatic heterocycles. The molecule has 0 saturated heterocycles. The third-order valence-electron chi connectivity index (χ3n) is 4.33. The van der Waals surface area contributed by atoms with Gasteiger partial charge < -0.3 is 9.64 Å². The quantitative estimate of drug-likeness (QED) is 0.814. The van der Waals surface area contributed by atoms with Gasteiger partial charge in [0.15, 0.2) is 5.78 Å². The van der Waals surface area contributed by atoms with E-state index >= 15 is 0 Å². The predicted molar refractivity (Wildman–Crippen MR) is 97.2 cm³/mol. The highest BCUT2D eigenvalue weighted by atomic mass is 35.5. The molecule has 1 unspecified atom stereocenters. The first-order valence-corrected chi connectivity index (χ1v) is 8.61. The number of Topliss-reactive ketones (excluding diaryl/α,β-unsaturated/α-hetero) is 1. The van der Waals surface area contributed by atoms with Crippen molar-refractivity contribution in [3.8, 4) is 0 Å². The van der Waals surface area contributed by atoms with Gasteiger partial charge in [0.25, 0.3) is 5.91 Å². The van der Waals surface area contributed by atoms with Gasteiger partial charge in [-0.1, -0.05) is 47.5 Å². The summed E-state index contributed by atoms with van der Waals surface area (Å²) in [5.41, 5.74) is 2.52. The number of carbonyl (C=O) groups is 2. The second-order valence-electron chi connectivity index (χ2n) is 5.95. The Balaban J connectivity index is 1.96. The molecule has 1 amide bonds. The smallest absolute Gasteiger partial charge is 0.254 e. The number of hydrogen-bond donors (Lipinski definition) is 0. The molecule has 4 nitrogen and oxygen atoms in total. The second-order valence-corrected chi connectivity index (χ2v) is 6.76. The molecule has 25 heavy (non-hydrogen) atoms. The number of rotatable bonds is 4. The van der Waals surface area contributed by atoms with Gasteiger partial charge in [0.1, 0.15) is 6.61 Å². The normalized spacial score (nSPS) is 16.4. The third kappa shape index (κ3) is 3.71. The van der Waals surface area contributed by atoms with Crippen molar-refractivity contribution in [1.82, 2.24) is 4.90 Å². The average Bonchev–Trinajstić information content (AvgIpc) is 2.62. The van der Waals surface area contributed by atoms with E-state index in [9.17, 15) is 9.59 Å². The molecular weight excluding hydrogens is 361 g/mol. The van der Waals surface area contributed by atoms with Crippen LogP contribution in [0.15, 0.2) is 42.5 Å². The van der Waals surface area contributed by atoms with Crippen molar-refractivity contribution in [3.05, 3.63) is 69.2 Å². The topological polar surface area (TPSA) is 46.6 Å². The fourth-order valence-corrected chi connectivity index (χ4v) is 3.36. The fraction of sp³-hybridized carbons (Fsp3) is 0.263. The minimum absolute atomic E-state index is 0.0298. The minimum atomic E-state index is -0.559. The Morgan fingerprint density at radius 2 is 1.84 bits per heavy atom. The molecule has 0 radical (unpaired) electrons. The van der Waals surface area contributed by atoms with Gasteiger partial charge in [-0.3, -0.25) is 9.59 Å². The van der Waals surface area contributed by atoms with Gasteiger partial charge >= 0.3 is 0 Å². The first-order valence-electron chi connectivity index (χ1n) is 7.85. The summed E-state index contributed by atoms with van der Waals surface area (Å²) in [4.78, 5) is 27.1. The number of methoxy groups -OCH3 is 1. The summed E-state index contributed by atoms with van der Waals surface area (Å²) in [5.74, 6) is -0.368. The van der Waals surface area contributed by atoms with Crippen LogP contribution in [-0.2, 0) is 22.5 Å². The monoisotopic (exact) mass is 377 g/mol. The number of fused-ring (bicyclic) bond motifs is 1. The zero-order valence-electron chi connectivity index (χ0n) is 13.7. The summed E-state index contributed by atoms with van der Waals surface area (Å²) >= 11 is 12.0. The molecule has 1 atom stereocenters. The van der Waals surface area contributed by atoms with Crippen molar-refractivity contribution in [2.75, 3.05) is 13.7 Å². The molecule has 0 fully saturated rings. The summed E-state index contributed by atoms with van der Waals surface area (Å²) in [6, 6.07) is 12.0. The molecule has 0 N–H and O–H groups in total. The molecule has 1 heterocycles. The number of nitrogens with zero attached hydrogens (tertiary/aromatic N) is 1. The van der Waals surface area contributed by atoms with Crippen molar-refractivity contribution >= 4 is 34.9 Å². The molecule has 6 heteroatoms. The standard InChI is InChI=1S/C19H17Cl2NO3/c1-25-11-18(23)17-9-12-4-2-3-5-14(12)10-22(17)19(24)13-6-7-15(20)16(21)8-13/h2-8,17H,9-11H2,1H3. The maximum atomic E-state index is 13.0. The van der Waals surface area contributed by atoms with Gasteiger partial charge in [0.2, 0.25) is 0 Å². The lowest BCUT2D eigenvalue weighted by Gasteiger charge is -2.36. The second kappa shape index (κ2) is 7.56. The van der Waals surface area contributed by atoms with Crippen LogP contribution in [0.1, 0.15) is 21.5 Å². The average molecular weight is 378 g/mol.